The normalized spacial score (nSPS) is 15.8. The molecular weight excluding hydrogens is 274 g/mol. The minimum Gasteiger partial charge on any atom is -0.544 e. The molecule has 1 fully saturated rings. The molecule has 3 rings (SSSR count). The lowest BCUT2D eigenvalue weighted by atomic mass is 10.1. The summed E-state index contributed by atoms with van der Waals surface area (Å²) in [5.74, 6) is 0.436. The van der Waals surface area contributed by atoms with Crippen LogP contribution < -0.4 is 10.0 Å². The van der Waals surface area contributed by atoms with E-state index in [0.29, 0.717) is 5.82 Å². The molecule has 0 saturated carbocycles. The average Bonchev–Trinajstić information content (AvgIpc) is 2.76. The third kappa shape index (κ3) is 2.14. The Morgan fingerprint density at radius 3 is 2.55 bits per heavy atom. The highest BCUT2D eigenvalue weighted by molar-refractivity contribution is 7.20. The number of thiophene rings is 1. The van der Waals surface area contributed by atoms with E-state index < -0.39 is 5.97 Å². The van der Waals surface area contributed by atoms with Gasteiger partial charge in [0.1, 0.15) is 16.5 Å². The number of hydrogen-bond acceptors (Lipinski definition) is 6. The first-order valence-corrected chi connectivity index (χ1v) is 7.63. The van der Waals surface area contributed by atoms with E-state index in [1.807, 2.05) is 13.8 Å². The van der Waals surface area contributed by atoms with Crippen molar-refractivity contribution in [3.8, 4) is 0 Å². The molecule has 0 amide bonds. The highest BCUT2D eigenvalue weighted by Gasteiger charge is 2.21. The Morgan fingerprint density at radius 1 is 1.20 bits per heavy atom. The van der Waals surface area contributed by atoms with Crippen LogP contribution in [0.15, 0.2) is 0 Å². The Labute approximate surface area is 121 Å². The van der Waals surface area contributed by atoms with E-state index in [1.54, 1.807) is 0 Å². The Balaban J connectivity index is 2.21. The van der Waals surface area contributed by atoms with Crippen molar-refractivity contribution in [3.63, 3.8) is 0 Å². The first-order valence-electron chi connectivity index (χ1n) is 6.82. The summed E-state index contributed by atoms with van der Waals surface area (Å²) in [6.45, 7) is 5.61. The van der Waals surface area contributed by atoms with E-state index in [4.69, 9.17) is 0 Å². The lowest BCUT2D eigenvalue weighted by molar-refractivity contribution is -0.254. The maximum Gasteiger partial charge on any atom is 0.141 e. The van der Waals surface area contributed by atoms with Gasteiger partial charge in [0.15, 0.2) is 0 Å². The van der Waals surface area contributed by atoms with Crippen LogP contribution in [0, 0.1) is 13.8 Å². The summed E-state index contributed by atoms with van der Waals surface area (Å²) in [7, 11) is 0. The lowest BCUT2D eigenvalue weighted by Gasteiger charge is -2.28. The van der Waals surface area contributed by atoms with Crippen LogP contribution in [0.25, 0.3) is 10.2 Å². The Morgan fingerprint density at radius 2 is 1.90 bits per heavy atom. The number of carboxylic acid groups (broad SMARTS) is 1. The number of anilines is 1. The molecule has 1 saturated heterocycles. The van der Waals surface area contributed by atoms with Gasteiger partial charge in [0.2, 0.25) is 0 Å². The summed E-state index contributed by atoms with van der Waals surface area (Å²) in [6.07, 6.45) is 3.55. The van der Waals surface area contributed by atoms with Crippen molar-refractivity contribution >= 4 is 33.3 Å². The molecule has 0 spiro atoms. The van der Waals surface area contributed by atoms with Crippen molar-refractivity contribution < 1.29 is 9.90 Å². The SMILES string of the molecule is Cc1nc(N2CCCCC2)c2c(C)c(C(=O)[O-])sc2n1. The zero-order valence-electron chi connectivity index (χ0n) is 11.6. The molecule has 2 aromatic heterocycles. The number of rotatable bonds is 2. The molecular formula is C14H16N3O2S-. The van der Waals surface area contributed by atoms with E-state index >= 15 is 0 Å². The number of carboxylic acids is 1. The van der Waals surface area contributed by atoms with E-state index in [-0.39, 0.29) is 4.88 Å². The van der Waals surface area contributed by atoms with E-state index in [2.05, 4.69) is 14.9 Å². The predicted octanol–water partition coefficient (Wildman–Crippen LogP) is 1.66. The van der Waals surface area contributed by atoms with Gasteiger partial charge in [-0.1, -0.05) is 0 Å². The first-order chi connectivity index (χ1) is 9.58. The molecule has 0 atom stereocenters. The van der Waals surface area contributed by atoms with Crippen LogP contribution in [-0.2, 0) is 0 Å². The third-order valence-electron chi connectivity index (χ3n) is 3.72. The first kappa shape index (κ1) is 13.3. The molecule has 1 aliphatic rings. The molecule has 20 heavy (non-hydrogen) atoms. The Hall–Kier alpha value is -1.69. The number of carbonyl (C=O) groups excluding carboxylic acids is 1. The van der Waals surface area contributed by atoms with Gasteiger partial charge in [0, 0.05) is 13.1 Å². The summed E-state index contributed by atoms with van der Waals surface area (Å²) >= 11 is 1.18. The number of aromatic carboxylic acids is 1. The van der Waals surface area contributed by atoms with Gasteiger partial charge >= 0.3 is 0 Å². The number of carbonyl (C=O) groups is 1. The van der Waals surface area contributed by atoms with Crippen molar-refractivity contribution in [2.75, 3.05) is 18.0 Å². The van der Waals surface area contributed by atoms with E-state index in [1.165, 1.54) is 17.8 Å². The molecule has 0 bridgehead atoms. The van der Waals surface area contributed by atoms with Crippen LogP contribution in [0.5, 0.6) is 0 Å². The number of piperidine rings is 1. The van der Waals surface area contributed by atoms with Gasteiger partial charge < -0.3 is 14.8 Å². The summed E-state index contributed by atoms with van der Waals surface area (Å²) < 4.78 is 0. The lowest BCUT2D eigenvalue weighted by Crippen LogP contribution is -2.30. The van der Waals surface area contributed by atoms with Crippen LogP contribution in [0.4, 0.5) is 5.82 Å². The second kappa shape index (κ2) is 5.01. The highest BCUT2D eigenvalue weighted by atomic mass is 32.1. The van der Waals surface area contributed by atoms with Crippen molar-refractivity contribution in [1.29, 1.82) is 0 Å². The Bertz CT molecular complexity index is 675. The van der Waals surface area contributed by atoms with E-state index in [0.717, 1.165) is 47.5 Å². The molecule has 1 aliphatic heterocycles. The van der Waals surface area contributed by atoms with Gasteiger partial charge in [-0.05, 0) is 38.7 Å². The minimum atomic E-state index is -1.13. The van der Waals surface area contributed by atoms with Crippen LogP contribution >= 0.6 is 11.3 Å². The van der Waals surface area contributed by atoms with Gasteiger partial charge in [-0.2, -0.15) is 0 Å². The number of fused-ring (bicyclic) bond motifs is 1. The largest absolute Gasteiger partial charge is 0.544 e. The van der Waals surface area contributed by atoms with Crippen LogP contribution in [0.1, 0.15) is 40.3 Å². The highest BCUT2D eigenvalue weighted by Crippen LogP contribution is 2.35. The van der Waals surface area contributed by atoms with Gasteiger partial charge in [0.25, 0.3) is 0 Å². The van der Waals surface area contributed by atoms with Crippen molar-refractivity contribution in [3.05, 3.63) is 16.3 Å². The van der Waals surface area contributed by atoms with Crippen molar-refractivity contribution in [2.45, 2.75) is 33.1 Å². The molecule has 106 valence electrons. The summed E-state index contributed by atoms with van der Waals surface area (Å²) in [6, 6.07) is 0. The monoisotopic (exact) mass is 290 g/mol. The minimum absolute atomic E-state index is 0.262. The predicted molar refractivity (Wildman–Crippen MR) is 77.3 cm³/mol. The molecule has 0 unspecified atom stereocenters. The second-order valence-electron chi connectivity index (χ2n) is 5.17. The van der Waals surface area contributed by atoms with Crippen LogP contribution in [0.3, 0.4) is 0 Å². The molecule has 0 aromatic carbocycles. The van der Waals surface area contributed by atoms with Crippen LogP contribution in [-0.4, -0.2) is 29.0 Å². The molecule has 3 heterocycles. The molecule has 6 heteroatoms. The van der Waals surface area contributed by atoms with Crippen molar-refractivity contribution in [1.82, 2.24) is 9.97 Å². The number of aryl methyl sites for hydroxylation is 2. The summed E-state index contributed by atoms with van der Waals surface area (Å²) in [4.78, 5) is 23.4. The van der Waals surface area contributed by atoms with Gasteiger partial charge in [-0.25, -0.2) is 9.97 Å². The van der Waals surface area contributed by atoms with E-state index in [9.17, 15) is 9.90 Å². The summed E-state index contributed by atoms with van der Waals surface area (Å²) in [5.41, 5.74) is 0.727. The fourth-order valence-electron chi connectivity index (χ4n) is 2.75. The zero-order valence-corrected chi connectivity index (χ0v) is 12.4. The molecule has 5 nitrogen and oxygen atoms in total. The quantitative estimate of drug-likeness (QED) is 0.841. The number of aromatic nitrogens is 2. The standard InChI is InChI=1S/C14H17N3O2S/c1-8-10-12(17-6-4-3-5-7-17)15-9(2)16-13(10)20-11(8)14(18)19/h3-7H2,1-2H3,(H,18,19)/p-1. The Kier molecular flexibility index (Phi) is 3.33. The third-order valence-corrected chi connectivity index (χ3v) is 4.89. The smallest absolute Gasteiger partial charge is 0.141 e. The second-order valence-corrected chi connectivity index (χ2v) is 6.17. The number of hydrogen-bond donors (Lipinski definition) is 0. The molecule has 2 aromatic rings. The maximum atomic E-state index is 11.2. The number of nitrogens with zero attached hydrogens (tertiary/aromatic N) is 3. The molecule has 0 N–H and O–H groups in total. The van der Waals surface area contributed by atoms with Crippen LogP contribution in [0.2, 0.25) is 0 Å². The summed E-state index contributed by atoms with van der Waals surface area (Å²) in [5, 5.41) is 12.1. The van der Waals surface area contributed by atoms with Gasteiger partial charge in [-0.15, -0.1) is 11.3 Å². The van der Waals surface area contributed by atoms with Gasteiger partial charge in [0.05, 0.1) is 16.2 Å². The van der Waals surface area contributed by atoms with Crippen molar-refractivity contribution in [2.24, 2.45) is 0 Å². The average molecular weight is 290 g/mol. The van der Waals surface area contributed by atoms with Gasteiger partial charge in [-0.3, -0.25) is 0 Å². The molecule has 0 radical (unpaired) electrons. The molecule has 0 aliphatic carbocycles. The zero-order chi connectivity index (χ0) is 14.3. The maximum absolute atomic E-state index is 11.2. The fourth-order valence-corrected chi connectivity index (χ4v) is 3.81. The fraction of sp³-hybridized carbons (Fsp3) is 0.500. The topological polar surface area (TPSA) is 69.2 Å².